The maximum absolute atomic E-state index is 3.10. The second kappa shape index (κ2) is 4.45. The number of hydrogen-bond acceptors (Lipinski definition) is 1. The van der Waals surface area contributed by atoms with Crippen molar-refractivity contribution in [2.24, 2.45) is 0 Å². The highest BCUT2D eigenvalue weighted by molar-refractivity contribution is 7.10. The van der Waals surface area contributed by atoms with Crippen LogP contribution in [0.2, 0.25) is 19.6 Å². The lowest BCUT2D eigenvalue weighted by Crippen LogP contribution is -2.14. The minimum absolute atomic E-state index is 1.06. The van der Waals surface area contributed by atoms with Crippen LogP contribution in [0, 0.1) is 11.8 Å². The third-order valence-corrected chi connectivity index (χ3v) is 3.34. The Labute approximate surface area is 85.3 Å². The van der Waals surface area contributed by atoms with Crippen LogP contribution in [0.5, 0.6) is 0 Å². The molecule has 0 aromatic carbocycles. The third-order valence-electron chi connectivity index (χ3n) is 1.38. The molecule has 0 fully saturated rings. The summed E-state index contributed by atoms with van der Waals surface area (Å²) in [6.07, 6.45) is 1.99. The monoisotopic (exact) mass is 206 g/mol. The van der Waals surface area contributed by atoms with Crippen molar-refractivity contribution in [2.45, 2.75) is 19.6 Å². The fraction of sp³-hybridized carbons (Fsp3) is 0.273. The predicted octanol–water partition coefficient (Wildman–Crippen LogP) is 3.53. The van der Waals surface area contributed by atoms with Crippen LogP contribution in [0.4, 0.5) is 0 Å². The predicted molar refractivity (Wildman–Crippen MR) is 63.7 cm³/mol. The number of hydrogen-bond donors (Lipinski definition) is 0. The molecule has 0 spiro atoms. The molecule has 0 unspecified atom stereocenters. The van der Waals surface area contributed by atoms with Crippen LogP contribution in [-0.2, 0) is 0 Å². The van der Waals surface area contributed by atoms with Crippen LogP contribution in [0.15, 0.2) is 29.3 Å². The van der Waals surface area contributed by atoms with Crippen molar-refractivity contribution in [2.75, 3.05) is 0 Å². The van der Waals surface area contributed by atoms with Crippen molar-refractivity contribution in [3.05, 3.63) is 34.2 Å². The summed E-state index contributed by atoms with van der Waals surface area (Å²) in [5.41, 5.74) is 2.26. The first-order valence-electron chi connectivity index (χ1n) is 4.31. The van der Waals surface area contributed by atoms with E-state index < -0.39 is 8.07 Å². The van der Waals surface area contributed by atoms with Crippen molar-refractivity contribution in [1.82, 2.24) is 0 Å². The van der Waals surface area contributed by atoms with Crippen LogP contribution in [0.25, 0.3) is 0 Å². The summed E-state index contributed by atoms with van der Waals surface area (Å²) in [5.74, 6) is 6.16. The van der Waals surface area contributed by atoms with Crippen molar-refractivity contribution < 1.29 is 0 Å². The Morgan fingerprint density at radius 3 is 2.69 bits per heavy atom. The Hall–Kier alpha value is -0.783. The van der Waals surface area contributed by atoms with Gasteiger partial charge in [-0.3, -0.25) is 0 Å². The molecular weight excluding hydrogens is 192 g/mol. The van der Waals surface area contributed by atoms with Gasteiger partial charge in [-0.1, -0.05) is 43.2 Å². The Bertz CT molecular complexity index is 330. The van der Waals surface area contributed by atoms with Gasteiger partial charge >= 0.3 is 0 Å². The summed E-state index contributed by atoms with van der Waals surface area (Å²) in [6, 6.07) is 4.07. The lowest BCUT2D eigenvalue weighted by Gasteiger charge is -2.05. The van der Waals surface area contributed by atoms with Gasteiger partial charge in [0.25, 0.3) is 0 Å². The molecule has 2 heteroatoms. The maximum atomic E-state index is 3.10. The first kappa shape index (κ1) is 10.3. The number of rotatable bonds is 1. The molecule has 0 N–H and O–H groups in total. The van der Waals surface area contributed by atoms with Crippen LogP contribution >= 0.6 is 11.3 Å². The largest absolute Gasteiger partial charge is 0.135 e. The summed E-state index contributed by atoms with van der Waals surface area (Å²) < 4.78 is 0. The Morgan fingerprint density at radius 1 is 1.38 bits per heavy atom. The van der Waals surface area contributed by atoms with Crippen LogP contribution in [0.1, 0.15) is 4.88 Å². The summed E-state index contributed by atoms with van der Waals surface area (Å²) in [4.78, 5) is 1.14. The second-order valence-electron chi connectivity index (χ2n) is 3.95. The molecule has 0 aliphatic rings. The van der Waals surface area contributed by atoms with Crippen molar-refractivity contribution in [3.63, 3.8) is 0 Å². The molecule has 0 saturated carbocycles. The first-order valence-corrected chi connectivity index (χ1v) is 8.76. The van der Waals surface area contributed by atoms with Gasteiger partial charge in [-0.2, -0.15) is 0 Å². The van der Waals surface area contributed by atoms with Crippen molar-refractivity contribution in [3.8, 4) is 11.8 Å². The average Bonchev–Trinajstić information content (AvgIpc) is 2.48. The quantitative estimate of drug-likeness (QED) is 0.487. The highest BCUT2D eigenvalue weighted by atomic mass is 32.1. The average molecular weight is 206 g/mol. The molecule has 0 saturated heterocycles. The molecule has 13 heavy (non-hydrogen) atoms. The van der Waals surface area contributed by atoms with E-state index in [-0.39, 0.29) is 0 Å². The van der Waals surface area contributed by atoms with Gasteiger partial charge in [0.15, 0.2) is 0 Å². The summed E-state index contributed by atoms with van der Waals surface area (Å²) in [7, 11) is -1.06. The van der Waals surface area contributed by atoms with Gasteiger partial charge in [-0.05, 0) is 17.5 Å². The van der Waals surface area contributed by atoms with Crippen LogP contribution in [-0.4, -0.2) is 8.07 Å². The zero-order chi connectivity index (χ0) is 9.73. The Kier molecular flexibility index (Phi) is 3.53. The zero-order valence-corrected chi connectivity index (χ0v) is 10.1. The normalized spacial score (nSPS) is 11.3. The minimum Gasteiger partial charge on any atom is -0.135 e. The van der Waals surface area contributed by atoms with Crippen LogP contribution < -0.4 is 0 Å². The van der Waals surface area contributed by atoms with Crippen molar-refractivity contribution in [1.29, 1.82) is 0 Å². The van der Waals surface area contributed by atoms with E-state index in [0.717, 1.165) is 4.88 Å². The molecule has 0 bridgehead atoms. The Balaban J connectivity index is 2.56. The molecular formula is C11H14SSi. The lowest BCUT2D eigenvalue weighted by atomic mass is 10.4. The fourth-order valence-corrected chi connectivity index (χ4v) is 1.92. The lowest BCUT2D eigenvalue weighted by molar-refractivity contribution is 1.77. The summed E-state index contributed by atoms with van der Waals surface area (Å²) >= 11 is 1.68. The topological polar surface area (TPSA) is 0 Å². The second-order valence-corrected chi connectivity index (χ2v) is 9.96. The van der Waals surface area contributed by atoms with E-state index in [2.05, 4.69) is 37.2 Å². The SMILES string of the molecule is C[Si](C)(C)/C=C/C#Cc1cccs1. The van der Waals surface area contributed by atoms with Gasteiger partial charge in [0.1, 0.15) is 0 Å². The van der Waals surface area contributed by atoms with Gasteiger partial charge < -0.3 is 0 Å². The standard InChI is InChI=1S/C11H14SSi/c1-13(2,3)10-5-4-7-11-8-6-9-12-11/h5-6,8-10H,1-3H3/b10-5+. The molecule has 0 amide bonds. The third kappa shape index (κ3) is 4.71. The molecule has 1 rings (SSSR count). The minimum atomic E-state index is -1.06. The molecule has 0 radical (unpaired) electrons. The van der Waals surface area contributed by atoms with E-state index in [1.807, 2.05) is 23.6 Å². The molecule has 1 heterocycles. The first-order chi connectivity index (χ1) is 6.08. The van der Waals surface area contributed by atoms with Gasteiger partial charge in [0.2, 0.25) is 0 Å². The number of allylic oxidation sites excluding steroid dienone is 1. The van der Waals surface area contributed by atoms with E-state index in [1.54, 1.807) is 11.3 Å². The molecule has 0 aliphatic carbocycles. The molecule has 0 aliphatic heterocycles. The van der Waals surface area contributed by atoms with E-state index >= 15 is 0 Å². The molecule has 0 nitrogen and oxygen atoms in total. The highest BCUT2D eigenvalue weighted by Crippen LogP contribution is 2.05. The van der Waals surface area contributed by atoms with Crippen molar-refractivity contribution >= 4 is 19.4 Å². The van der Waals surface area contributed by atoms with E-state index in [4.69, 9.17) is 0 Å². The zero-order valence-electron chi connectivity index (χ0n) is 8.29. The maximum Gasteiger partial charge on any atom is 0.0771 e. The van der Waals surface area contributed by atoms with Gasteiger partial charge in [0.05, 0.1) is 13.0 Å². The highest BCUT2D eigenvalue weighted by Gasteiger charge is 2.05. The van der Waals surface area contributed by atoms with E-state index in [9.17, 15) is 0 Å². The molecule has 1 aromatic rings. The summed E-state index contributed by atoms with van der Waals surface area (Å²) in [5, 5.41) is 2.05. The van der Waals surface area contributed by atoms with E-state index in [1.165, 1.54) is 0 Å². The van der Waals surface area contributed by atoms with Gasteiger partial charge in [0, 0.05) is 0 Å². The summed E-state index contributed by atoms with van der Waals surface area (Å²) in [6.45, 7) is 6.91. The Morgan fingerprint density at radius 2 is 2.15 bits per heavy atom. The van der Waals surface area contributed by atoms with Gasteiger partial charge in [-0.25, -0.2) is 0 Å². The van der Waals surface area contributed by atoms with Crippen LogP contribution in [0.3, 0.4) is 0 Å². The molecule has 1 aromatic heterocycles. The fourth-order valence-electron chi connectivity index (χ4n) is 0.754. The number of thiophene rings is 1. The molecule has 68 valence electrons. The molecule has 0 atom stereocenters. The van der Waals surface area contributed by atoms with E-state index in [0.29, 0.717) is 0 Å². The van der Waals surface area contributed by atoms with Gasteiger partial charge in [-0.15, -0.1) is 11.3 Å². The smallest absolute Gasteiger partial charge is 0.0771 e.